The normalized spacial score (nSPS) is 14.6. The monoisotopic (exact) mass is 820 g/mol. The minimum absolute atomic E-state index is 0.0758. The summed E-state index contributed by atoms with van der Waals surface area (Å²) in [7, 11) is 1.23. The third-order valence-corrected chi connectivity index (χ3v) is 9.80. The van der Waals surface area contributed by atoms with Crippen LogP contribution in [0.1, 0.15) is 65.0 Å². The summed E-state index contributed by atoms with van der Waals surface area (Å²) in [5.41, 5.74) is 0.425. The van der Waals surface area contributed by atoms with Gasteiger partial charge in [0.05, 0.1) is 59.4 Å². The highest BCUT2D eigenvalue weighted by molar-refractivity contribution is 6.34. The molecule has 0 bridgehead atoms. The first-order chi connectivity index (χ1) is 27.7. The largest absolute Gasteiger partial charge is 0.453 e. The molecule has 0 saturated carbocycles. The molecule has 1 saturated heterocycles. The van der Waals surface area contributed by atoms with E-state index in [1.807, 2.05) is 13.8 Å². The summed E-state index contributed by atoms with van der Waals surface area (Å²) in [4.78, 5) is 70.6. The molecule has 1 aliphatic heterocycles. The molecule has 6 N–H and O–H groups in total. The van der Waals surface area contributed by atoms with Gasteiger partial charge < -0.3 is 40.9 Å². The fourth-order valence-corrected chi connectivity index (χ4v) is 6.70. The number of H-pyrrole nitrogens is 2. The zero-order valence-corrected chi connectivity index (χ0v) is 32.3. The van der Waals surface area contributed by atoms with Crippen molar-refractivity contribution in [2.45, 2.75) is 44.9 Å². The van der Waals surface area contributed by atoms with Gasteiger partial charge in [-0.3, -0.25) is 14.4 Å². The predicted molar refractivity (Wildman–Crippen MR) is 209 cm³/mol. The molecule has 58 heavy (non-hydrogen) atoms. The van der Waals surface area contributed by atoms with Gasteiger partial charge >= 0.3 is 12.3 Å². The number of aromatic nitrogens is 5. The molecule has 4 heterocycles. The molecule has 2 atom stereocenters. The van der Waals surface area contributed by atoms with Crippen LogP contribution in [-0.2, 0) is 15.7 Å². The van der Waals surface area contributed by atoms with Crippen molar-refractivity contribution in [3.63, 3.8) is 0 Å². The smallest absolute Gasteiger partial charge is 0.417 e. The van der Waals surface area contributed by atoms with Gasteiger partial charge in [0.25, 0.3) is 11.8 Å². The maximum absolute atomic E-state index is 14.5. The number of amides is 4. The van der Waals surface area contributed by atoms with Crippen LogP contribution in [0.2, 0.25) is 5.02 Å². The first-order valence-corrected chi connectivity index (χ1v) is 18.6. The summed E-state index contributed by atoms with van der Waals surface area (Å²) in [6.07, 6.45) is 1.53. The Balaban J connectivity index is 1.12. The number of aromatic amines is 2. The quantitative estimate of drug-likeness (QED) is 0.0703. The van der Waals surface area contributed by atoms with E-state index in [0.29, 0.717) is 48.1 Å². The Hall–Kier alpha value is -6.43. The predicted octanol–water partition coefficient (Wildman–Crippen LogP) is 6.67. The summed E-state index contributed by atoms with van der Waals surface area (Å²) in [6, 6.07) is 10.1. The van der Waals surface area contributed by atoms with Gasteiger partial charge in [0, 0.05) is 25.8 Å². The highest BCUT2D eigenvalue weighted by Gasteiger charge is 2.38. The maximum atomic E-state index is 14.5. The molecule has 304 valence electrons. The number of imidazole rings is 2. The van der Waals surface area contributed by atoms with Gasteiger partial charge in [0.15, 0.2) is 0 Å². The Kier molecular flexibility index (Phi) is 12.6. The summed E-state index contributed by atoms with van der Waals surface area (Å²) < 4.78 is 48.2. The van der Waals surface area contributed by atoms with E-state index in [9.17, 15) is 32.3 Å². The minimum Gasteiger partial charge on any atom is -0.453 e. The number of benzene rings is 2. The molecule has 2 aromatic carbocycles. The minimum atomic E-state index is -4.80. The van der Waals surface area contributed by atoms with Crippen molar-refractivity contribution in [1.82, 2.24) is 40.5 Å². The van der Waals surface area contributed by atoms with Gasteiger partial charge in [0.1, 0.15) is 23.4 Å². The van der Waals surface area contributed by atoms with Gasteiger partial charge in [-0.1, -0.05) is 49.7 Å². The van der Waals surface area contributed by atoms with Crippen LogP contribution in [-0.4, -0.2) is 86.4 Å². The van der Waals surface area contributed by atoms with Crippen molar-refractivity contribution >= 4 is 46.9 Å². The Labute approximate surface area is 335 Å². The average Bonchev–Trinajstić information content (AvgIpc) is 4.02. The zero-order chi connectivity index (χ0) is 41.6. The zero-order valence-electron chi connectivity index (χ0n) is 31.5. The van der Waals surface area contributed by atoms with E-state index in [1.165, 1.54) is 50.1 Å². The number of likely N-dealkylation sites (tertiary alicyclic amines) is 1. The average molecular weight is 821 g/mol. The highest BCUT2D eigenvalue weighted by Crippen LogP contribution is 2.42. The number of methoxy groups -OCH3 is 1. The number of pyridine rings is 1. The molecule has 15 nitrogen and oxygen atoms in total. The van der Waals surface area contributed by atoms with Crippen molar-refractivity contribution in [1.29, 1.82) is 0 Å². The van der Waals surface area contributed by atoms with Crippen LogP contribution in [0.25, 0.3) is 22.4 Å². The number of alkyl carbamates (subject to hydrolysis) is 1. The molecule has 0 aliphatic carbocycles. The van der Waals surface area contributed by atoms with E-state index in [-0.39, 0.29) is 57.7 Å². The van der Waals surface area contributed by atoms with Crippen LogP contribution in [0.3, 0.4) is 0 Å². The number of nitrogens with one attached hydrogen (secondary N) is 6. The molecule has 6 rings (SSSR count). The molecule has 1 aliphatic rings. The Morgan fingerprint density at radius 1 is 0.983 bits per heavy atom. The number of ether oxygens (including phenoxy) is 1. The van der Waals surface area contributed by atoms with Gasteiger partial charge in [-0.2, -0.15) is 13.2 Å². The van der Waals surface area contributed by atoms with Gasteiger partial charge in [0.2, 0.25) is 5.91 Å². The fourth-order valence-electron chi connectivity index (χ4n) is 6.49. The van der Waals surface area contributed by atoms with E-state index in [0.717, 1.165) is 18.6 Å². The van der Waals surface area contributed by atoms with Crippen LogP contribution in [0.15, 0.2) is 73.4 Å². The van der Waals surface area contributed by atoms with Gasteiger partial charge in [-0.05, 0) is 59.7 Å². The van der Waals surface area contributed by atoms with Crippen LogP contribution in [0, 0.1) is 5.92 Å². The second-order valence-corrected chi connectivity index (χ2v) is 14.1. The lowest BCUT2D eigenvalue weighted by Gasteiger charge is -2.30. The number of halogens is 4. The van der Waals surface area contributed by atoms with Crippen molar-refractivity contribution in [3.8, 4) is 22.4 Å². The fraction of sp³-hybridized carbons (Fsp3) is 0.308. The van der Waals surface area contributed by atoms with Crippen LogP contribution in [0.4, 0.5) is 29.5 Å². The van der Waals surface area contributed by atoms with E-state index in [4.69, 9.17) is 16.3 Å². The first kappa shape index (κ1) is 41.2. The van der Waals surface area contributed by atoms with E-state index < -0.39 is 29.8 Å². The number of carbonyl (C=O) groups is 4. The Bertz CT molecular complexity index is 2250. The molecular formula is C39H40ClF3N10O5. The van der Waals surface area contributed by atoms with Crippen LogP contribution in [0.5, 0.6) is 0 Å². The molecule has 3 aromatic heterocycles. The van der Waals surface area contributed by atoms with Crippen molar-refractivity contribution in [2.75, 3.05) is 37.4 Å². The molecule has 0 unspecified atom stereocenters. The van der Waals surface area contributed by atoms with E-state index in [1.54, 1.807) is 23.2 Å². The topological polar surface area (TPSA) is 199 Å². The van der Waals surface area contributed by atoms with E-state index in [2.05, 4.69) is 46.2 Å². The number of carbonyl (C=O) groups excluding carboxylic acids is 4. The third kappa shape index (κ3) is 9.56. The van der Waals surface area contributed by atoms with E-state index >= 15 is 0 Å². The third-order valence-electron chi connectivity index (χ3n) is 9.49. The summed E-state index contributed by atoms with van der Waals surface area (Å²) >= 11 is 6.47. The molecular weight excluding hydrogens is 781 g/mol. The lowest BCUT2D eigenvalue weighted by atomic mass is 9.97. The Morgan fingerprint density at radius 2 is 1.74 bits per heavy atom. The highest BCUT2D eigenvalue weighted by atomic mass is 35.5. The first-order valence-electron chi connectivity index (χ1n) is 18.2. The summed E-state index contributed by atoms with van der Waals surface area (Å²) in [5, 5.41) is 10.7. The molecule has 4 amide bonds. The summed E-state index contributed by atoms with van der Waals surface area (Å²) in [5.74, 6) is -0.541. The number of anilines is 2. The lowest BCUT2D eigenvalue weighted by Crippen LogP contribution is -2.51. The Morgan fingerprint density at radius 3 is 2.40 bits per heavy atom. The lowest BCUT2D eigenvalue weighted by molar-refractivity contribution is -0.137. The maximum Gasteiger partial charge on any atom is 0.417 e. The summed E-state index contributed by atoms with van der Waals surface area (Å²) in [6.45, 7) is 4.74. The molecule has 5 aromatic rings. The second kappa shape index (κ2) is 17.8. The number of alkyl halides is 3. The van der Waals surface area contributed by atoms with Gasteiger partial charge in [-0.25, -0.2) is 19.7 Å². The van der Waals surface area contributed by atoms with Crippen molar-refractivity contribution in [3.05, 3.63) is 101 Å². The van der Waals surface area contributed by atoms with Crippen molar-refractivity contribution in [2.24, 2.45) is 5.92 Å². The SMILES string of the molecule is COC(=O)N[C@H](C(=O)N1CCC[C@H]1c1ncc(-c2ccc(-c3cc(Cl)c(NC(=O)c4ccc(NCCNC(=O)c5cnc[nH]5)nc4)cc3C(F)(F)F)cc2)[nH]1)C(C)C. The molecule has 19 heteroatoms. The van der Waals surface area contributed by atoms with Crippen LogP contribution < -0.4 is 21.3 Å². The second-order valence-electron chi connectivity index (χ2n) is 13.7. The standard InChI is InChI=1S/C39H40ClF3N10O5/c1-21(2)33(52-38(57)58-3)37(56)53-14-4-5-31(53)34-48-19-29(50-34)23-8-6-22(7-9-23)25-15-27(40)28(16-26(25)39(41,42)43)51-35(54)24-10-11-32(47-17-24)45-12-13-46-36(55)30-18-44-20-49-30/h6-11,15-21,31,33H,4-5,12-14H2,1-3H3,(H,44,49)(H,45,47)(H,46,55)(H,48,50)(H,51,54)(H,52,57)/t31-,33-/m0/s1. The number of hydrogen-bond donors (Lipinski definition) is 6. The molecule has 0 spiro atoms. The number of rotatable bonds is 13. The molecule has 0 radical (unpaired) electrons. The number of hydrogen-bond acceptors (Lipinski definition) is 9. The van der Waals surface area contributed by atoms with Crippen molar-refractivity contribution < 1.29 is 37.1 Å². The van der Waals surface area contributed by atoms with Crippen LogP contribution >= 0.6 is 11.6 Å². The number of nitrogens with zero attached hydrogens (tertiary/aromatic N) is 4. The molecule has 1 fully saturated rings. The van der Waals surface area contributed by atoms with Gasteiger partial charge in [-0.15, -0.1) is 0 Å².